The van der Waals surface area contributed by atoms with Gasteiger partial charge in [0.1, 0.15) is 0 Å². The number of benzene rings is 1. The van der Waals surface area contributed by atoms with Crippen LogP contribution in [0.1, 0.15) is 52.1 Å². The molecule has 0 atom stereocenters. The minimum Gasteiger partial charge on any atom is -0.372 e. The third-order valence-electron chi connectivity index (χ3n) is 6.91. The first kappa shape index (κ1) is 22.6. The number of anilines is 2. The van der Waals surface area contributed by atoms with E-state index in [2.05, 4.69) is 36.0 Å². The Morgan fingerprint density at radius 2 is 1.42 bits per heavy atom. The summed E-state index contributed by atoms with van der Waals surface area (Å²) in [7, 11) is -3.13. The monoisotopic (exact) mass is 461 g/mol. The van der Waals surface area contributed by atoms with E-state index in [1.165, 1.54) is 42.8 Å². The molecular weight excluding hydrogens is 426 g/mol. The van der Waals surface area contributed by atoms with Gasteiger partial charge >= 0.3 is 0 Å². The normalized spacial score (nSPS) is 19.7. The van der Waals surface area contributed by atoms with Gasteiger partial charge in [0.05, 0.1) is 10.6 Å². The molecular formula is C24H35N3O2S2. The fourth-order valence-electron chi connectivity index (χ4n) is 4.85. The van der Waals surface area contributed by atoms with Gasteiger partial charge in [-0.1, -0.05) is 20.8 Å². The highest BCUT2D eigenvalue weighted by molar-refractivity contribution is 7.90. The maximum atomic E-state index is 11.7. The minimum absolute atomic E-state index is 0.117. The molecule has 2 saturated heterocycles. The van der Waals surface area contributed by atoms with Gasteiger partial charge in [-0.2, -0.15) is 0 Å². The lowest BCUT2D eigenvalue weighted by Crippen LogP contribution is -2.41. The van der Waals surface area contributed by atoms with Crippen LogP contribution in [-0.4, -0.2) is 45.8 Å². The van der Waals surface area contributed by atoms with Crippen LogP contribution in [0.4, 0.5) is 10.8 Å². The molecule has 2 aliphatic heterocycles. The van der Waals surface area contributed by atoms with Crippen LogP contribution in [-0.2, 0) is 15.3 Å². The van der Waals surface area contributed by atoms with Gasteiger partial charge in [-0.15, -0.1) is 11.3 Å². The van der Waals surface area contributed by atoms with Gasteiger partial charge in [-0.05, 0) is 61.8 Å². The Kier molecular flexibility index (Phi) is 6.37. The quantitative estimate of drug-likeness (QED) is 0.643. The molecule has 7 heteroatoms. The van der Waals surface area contributed by atoms with Crippen LogP contribution in [0.5, 0.6) is 0 Å². The number of thiazole rings is 1. The van der Waals surface area contributed by atoms with Crippen LogP contribution in [0.15, 0.2) is 34.5 Å². The molecule has 5 nitrogen and oxygen atoms in total. The summed E-state index contributed by atoms with van der Waals surface area (Å²) in [5.41, 5.74) is 2.46. The third-order valence-corrected chi connectivity index (χ3v) is 8.94. The Morgan fingerprint density at radius 1 is 0.903 bits per heavy atom. The van der Waals surface area contributed by atoms with Crippen molar-refractivity contribution in [1.29, 1.82) is 0 Å². The average Bonchev–Trinajstić information content (AvgIpc) is 3.25. The third kappa shape index (κ3) is 5.25. The zero-order valence-corrected chi connectivity index (χ0v) is 20.8. The smallest absolute Gasteiger partial charge is 0.185 e. The van der Waals surface area contributed by atoms with Gasteiger partial charge in [-0.25, -0.2) is 13.4 Å². The van der Waals surface area contributed by atoms with E-state index in [4.69, 9.17) is 4.98 Å². The number of hydrogen-bond donors (Lipinski definition) is 0. The van der Waals surface area contributed by atoms with Crippen molar-refractivity contribution >= 4 is 32.0 Å². The Balaban J connectivity index is 1.28. The molecule has 0 aliphatic carbocycles. The summed E-state index contributed by atoms with van der Waals surface area (Å²) in [4.78, 5) is 10.2. The first-order valence-corrected chi connectivity index (χ1v) is 14.1. The van der Waals surface area contributed by atoms with Gasteiger partial charge < -0.3 is 9.80 Å². The van der Waals surface area contributed by atoms with E-state index in [-0.39, 0.29) is 5.41 Å². The van der Waals surface area contributed by atoms with Crippen LogP contribution in [0.2, 0.25) is 0 Å². The second-order valence-corrected chi connectivity index (χ2v) is 13.0. The van der Waals surface area contributed by atoms with E-state index in [9.17, 15) is 8.42 Å². The van der Waals surface area contributed by atoms with Crippen molar-refractivity contribution in [1.82, 2.24) is 4.98 Å². The molecule has 0 spiro atoms. The molecule has 31 heavy (non-hydrogen) atoms. The molecule has 4 rings (SSSR count). The summed E-state index contributed by atoms with van der Waals surface area (Å²) < 4.78 is 23.4. The number of nitrogens with zero attached hydrogens (tertiary/aromatic N) is 3. The fourth-order valence-corrected chi connectivity index (χ4v) is 6.59. The van der Waals surface area contributed by atoms with Crippen molar-refractivity contribution in [3.05, 3.63) is 35.3 Å². The average molecular weight is 462 g/mol. The summed E-state index contributed by atoms with van der Waals surface area (Å²) in [6.07, 6.45) is 6.24. The second kappa shape index (κ2) is 8.74. The van der Waals surface area contributed by atoms with Gasteiger partial charge in [0, 0.05) is 48.9 Å². The van der Waals surface area contributed by atoms with Crippen LogP contribution < -0.4 is 9.80 Å². The molecule has 2 aliphatic rings. The topological polar surface area (TPSA) is 53.5 Å². The Hall–Kier alpha value is -1.60. The predicted octanol–water partition coefficient (Wildman–Crippen LogP) is 4.98. The van der Waals surface area contributed by atoms with E-state index in [0.29, 0.717) is 4.90 Å². The fraction of sp³-hybridized carbons (Fsp3) is 0.625. The minimum atomic E-state index is -3.13. The van der Waals surface area contributed by atoms with Crippen LogP contribution in [0.25, 0.3) is 0 Å². The highest BCUT2D eigenvalue weighted by Crippen LogP contribution is 2.36. The first-order valence-electron chi connectivity index (χ1n) is 11.4. The summed E-state index contributed by atoms with van der Waals surface area (Å²) in [5.74, 6) is 1.61. The van der Waals surface area contributed by atoms with E-state index in [1.54, 1.807) is 23.5 Å². The second-order valence-electron chi connectivity index (χ2n) is 10.2. The van der Waals surface area contributed by atoms with E-state index >= 15 is 0 Å². The zero-order valence-electron chi connectivity index (χ0n) is 19.2. The van der Waals surface area contributed by atoms with Gasteiger partial charge in [0.2, 0.25) is 0 Å². The lowest BCUT2D eigenvalue weighted by Gasteiger charge is -2.41. The molecule has 1 aromatic heterocycles. The molecule has 0 unspecified atom stereocenters. The largest absolute Gasteiger partial charge is 0.372 e. The molecule has 0 radical (unpaired) electrons. The maximum Gasteiger partial charge on any atom is 0.185 e. The summed E-state index contributed by atoms with van der Waals surface area (Å²) in [6, 6.07) is 7.37. The molecule has 1 aromatic carbocycles. The number of piperidine rings is 2. The Morgan fingerprint density at radius 3 is 1.87 bits per heavy atom. The Labute approximate surface area is 191 Å². The van der Waals surface area contributed by atoms with Crippen molar-refractivity contribution in [3.8, 4) is 0 Å². The molecule has 0 saturated carbocycles. The van der Waals surface area contributed by atoms with Crippen LogP contribution in [0, 0.1) is 11.8 Å². The molecule has 0 bridgehead atoms. The Bertz CT molecular complexity index is 977. The van der Waals surface area contributed by atoms with E-state index in [0.717, 1.165) is 43.7 Å². The summed E-state index contributed by atoms with van der Waals surface area (Å²) >= 11 is 1.79. The van der Waals surface area contributed by atoms with Crippen LogP contribution >= 0.6 is 11.3 Å². The number of sulfone groups is 1. The molecule has 2 aromatic rings. The highest BCUT2D eigenvalue weighted by Gasteiger charge is 2.31. The SMILES string of the molecule is CC(C)(C)c1csc(N2CCC(C3CCN(c4ccc(S(C)(=O)=O)cc4)CC3)CC2)n1. The predicted molar refractivity (Wildman–Crippen MR) is 130 cm³/mol. The van der Waals surface area contributed by atoms with Gasteiger partial charge in [0.25, 0.3) is 0 Å². The summed E-state index contributed by atoms with van der Waals surface area (Å²) in [6.45, 7) is 11.0. The number of rotatable bonds is 4. The summed E-state index contributed by atoms with van der Waals surface area (Å²) in [5, 5.41) is 3.41. The molecule has 0 N–H and O–H groups in total. The van der Waals surface area contributed by atoms with Gasteiger partial charge in [-0.3, -0.25) is 0 Å². The van der Waals surface area contributed by atoms with Crippen molar-refractivity contribution < 1.29 is 8.42 Å². The maximum absolute atomic E-state index is 11.7. The van der Waals surface area contributed by atoms with Crippen molar-refractivity contribution in [2.75, 3.05) is 42.2 Å². The lowest BCUT2D eigenvalue weighted by molar-refractivity contribution is 0.233. The van der Waals surface area contributed by atoms with Crippen LogP contribution in [0.3, 0.4) is 0 Å². The van der Waals surface area contributed by atoms with Crippen molar-refractivity contribution in [2.24, 2.45) is 11.8 Å². The van der Waals surface area contributed by atoms with Gasteiger partial charge in [0.15, 0.2) is 15.0 Å². The molecule has 0 amide bonds. The standard InChI is InChI=1S/C24H35N3O2S2/c1-24(2,3)22-17-30-23(25-22)27-15-11-19(12-16-27)18-9-13-26(14-10-18)20-5-7-21(8-6-20)31(4,28)29/h5-8,17-19H,9-16H2,1-4H3. The first-order chi connectivity index (χ1) is 14.6. The lowest BCUT2D eigenvalue weighted by atomic mass is 9.79. The highest BCUT2D eigenvalue weighted by atomic mass is 32.2. The van der Waals surface area contributed by atoms with Crippen molar-refractivity contribution in [3.63, 3.8) is 0 Å². The molecule has 170 valence electrons. The van der Waals surface area contributed by atoms with Crippen molar-refractivity contribution in [2.45, 2.75) is 56.8 Å². The molecule has 3 heterocycles. The molecule has 2 fully saturated rings. The number of aromatic nitrogens is 1. The zero-order chi connectivity index (χ0) is 22.2. The van der Waals surface area contributed by atoms with E-state index < -0.39 is 9.84 Å². The van der Waals surface area contributed by atoms with E-state index in [1.807, 2.05) is 12.1 Å². The number of hydrogen-bond acceptors (Lipinski definition) is 6.